The third-order valence-electron chi connectivity index (χ3n) is 4.60. The molecule has 0 spiro atoms. The second-order valence-corrected chi connectivity index (χ2v) is 7.08. The van der Waals surface area contributed by atoms with E-state index in [2.05, 4.69) is 0 Å². The summed E-state index contributed by atoms with van der Waals surface area (Å²) in [5, 5.41) is 0. The third-order valence-corrected chi connectivity index (χ3v) is 4.60. The van der Waals surface area contributed by atoms with E-state index in [4.69, 9.17) is 14.2 Å². The molecule has 0 unspecified atom stereocenters. The molecule has 3 rings (SSSR count). The summed E-state index contributed by atoms with van der Waals surface area (Å²) < 4.78 is 17.2. The van der Waals surface area contributed by atoms with Gasteiger partial charge < -0.3 is 14.2 Å². The Morgan fingerprint density at radius 3 is 2.39 bits per heavy atom. The largest absolute Gasteiger partial charge is 0.490 e. The van der Waals surface area contributed by atoms with E-state index in [-0.39, 0.29) is 5.78 Å². The second kappa shape index (κ2) is 11.0. The molecule has 0 aliphatic heterocycles. The molecular formula is C27H28O4. The van der Waals surface area contributed by atoms with E-state index < -0.39 is 0 Å². The first-order chi connectivity index (χ1) is 15.1. The van der Waals surface area contributed by atoms with Gasteiger partial charge in [-0.1, -0.05) is 48.0 Å². The van der Waals surface area contributed by atoms with E-state index in [1.165, 1.54) is 0 Å². The van der Waals surface area contributed by atoms with Crippen molar-refractivity contribution < 1.29 is 19.0 Å². The van der Waals surface area contributed by atoms with Crippen LogP contribution in [0.4, 0.5) is 0 Å². The van der Waals surface area contributed by atoms with E-state index in [1.807, 2.05) is 93.6 Å². The number of allylic oxidation sites excluding steroid dienone is 1. The smallest absolute Gasteiger partial charge is 0.185 e. The van der Waals surface area contributed by atoms with Crippen LogP contribution in [-0.2, 0) is 6.61 Å². The summed E-state index contributed by atoms with van der Waals surface area (Å²) in [6, 6.07) is 21.1. The minimum absolute atomic E-state index is 0.0205. The van der Waals surface area contributed by atoms with E-state index in [1.54, 1.807) is 6.08 Å². The van der Waals surface area contributed by atoms with Gasteiger partial charge in [0.05, 0.1) is 13.2 Å². The minimum atomic E-state index is -0.0205. The molecule has 0 aromatic heterocycles. The Morgan fingerprint density at radius 2 is 1.61 bits per heavy atom. The molecule has 3 aromatic carbocycles. The predicted molar refractivity (Wildman–Crippen MR) is 124 cm³/mol. The van der Waals surface area contributed by atoms with E-state index in [0.29, 0.717) is 25.4 Å². The lowest BCUT2D eigenvalue weighted by atomic mass is 10.1. The highest BCUT2D eigenvalue weighted by Crippen LogP contribution is 2.29. The summed E-state index contributed by atoms with van der Waals surface area (Å²) in [5.41, 5.74) is 3.64. The van der Waals surface area contributed by atoms with Crippen molar-refractivity contribution in [2.75, 3.05) is 13.2 Å². The number of aryl methyl sites for hydroxylation is 1. The summed E-state index contributed by atoms with van der Waals surface area (Å²) in [4.78, 5) is 12.4. The van der Waals surface area contributed by atoms with Crippen LogP contribution in [0.1, 0.15) is 40.9 Å². The van der Waals surface area contributed by atoms with Gasteiger partial charge in [-0.15, -0.1) is 0 Å². The molecule has 0 N–H and O–H groups in total. The average molecular weight is 417 g/mol. The highest BCUT2D eigenvalue weighted by atomic mass is 16.5. The Labute approximate surface area is 184 Å². The zero-order valence-corrected chi connectivity index (χ0v) is 18.3. The molecule has 0 aliphatic carbocycles. The van der Waals surface area contributed by atoms with Gasteiger partial charge in [0.2, 0.25) is 0 Å². The van der Waals surface area contributed by atoms with Crippen LogP contribution in [0.3, 0.4) is 0 Å². The van der Waals surface area contributed by atoms with Gasteiger partial charge in [0.1, 0.15) is 12.4 Å². The maximum atomic E-state index is 12.4. The molecule has 0 saturated carbocycles. The van der Waals surface area contributed by atoms with Gasteiger partial charge in [0.15, 0.2) is 17.3 Å². The number of benzene rings is 3. The fourth-order valence-corrected chi connectivity index (χ4v) is 3.13. The van der Waals surface area contributed by atoms with Crippen LogP contribution in [0.5, 0.6) is 17.2 Å². The molecule has 0 amide bonds. The lowest BCUT2D eigenvalue weighted by Gasteiger charge is -2.13. The van der Waals surface area contributed by atoms with Crippen LogP contribution in [0.2, 0.25) is 0 Å². The average Bonchev–Trinajstić information content (AvgIpc) is 2.78. The lowest BCUT2D eigenvalue weighted by molar-refractivity contribution is 0.104. The number of ketones is 1. The Hall–Kier alpha value is -3.53. The minimum Gasteiger partial charge on any atom is -0.490 e. The Morgan fingerprint density at radius 1 is 0.839 bits per heavy atom. The maximum absolute atomic E-state index is 12.4. The van der Waals surface area contributed by atoms with Gasteiger partial charge in [-0.3, -0.25) is 4.79 Å². The van der Waals surface area contributed by atoms with Crippen LogP contribution >= 0.6 is 0 Å². The summed E-state index contributed by atoms with van der Waals surface area (Å²) in [5.74, 6) is 2.17. The number of hydrogen-bond donors (Lipinski definition) is 0. The van der Waals surface area contributed by atoms with E-state index >= 15 is 0 Å². The van der Waals surface area contributed by atoms with Crippen LogP contribution < -0.4 is 14.2 Å². The molecule has 0 aliphatic rings. The maximum Gasteiger partial charge on any atom is 0.185 e. The highest BCUT2D eigenvalue weighted by molar-refractivity contribution is 6.06. The zero-order valence-electron chi connectivity index (χ0n) is 18.3. The fourth-order valence-electron chi connectivity index (χ4n) is 3.13. The van der Waals surface area contributed by atoms with Gasteiger partial charge in [0.25, 0.3) is 0 Å². The normalized spacial score (nSPS) is 10.8. The molecule has 0 saturated heterocycles. The van der Waals surface area contributed by atoms with Crippen molar-refractivity contribution in [3.05, 3.63) is 95.1 Å². The first-order valence-electron chi connectivity index (χ1n) is 10.5. The quantitative estimate of drug-likeness (QED) is 0.289. The first-order valence-corrected chi connectivity index (χ1v) is 10.5. The number of carbonyl (C=O) groups is 1. The monoisotopic (exact) mass is 416 g/mol. The molecule has 0 radical (unpaired) electrons. The van der Waals surface area contributed by atoms with Gasteiger partial charge in [-0.05, 0) is 68.3 Å². The SMILES string of the molecule is CCOc1ccc(COc2cccc(/C=C/C(=O)c3cccc(C)c3)c2)cc1OCC. The van der Waals surface area contributed by atoms with Crippen molar-refractivity contribution in [1.29, 1.82) is 0 Å². The zero-order chi connectivity index (χ0) is 22.1. The Bertz CT molecular complexity index is 1050. The van der Waals surface area contributed by atoms with Crippen molar-refractivity contribution in [1.82, 2.24) is 0 Å². The molecule has 3 aromatic rings. The van der Waals surface area contributed by atoms with Gasteiger partial charge in [-0.25, -0.2) is 0 Å². The molecule has 0 heterocycles. The topological polar surface area (TPSA) is 44.8 Å². The van der Waals surface area contributed by atoms with Gasteiger partial charge in [-0.2, -0.15) is 0 Å². The molecule has 0 fully saturated rings. The summed E-state index contributed by atoms with van der Waals surface area (Å²) in [6.45, 7) is 7.43. The van der Waals surface area contributed by atoms with Crippen LogP contribution in [0, 0.1) is 6.92 Å². The molecule has 0 bridgehead atoms. The lowest BCUT2D eigenvalue weighted by Crippen LogP contribution is -2.01. The summed E-state index contributed by atoms with van der Waals surface area (Å²) in [7, 11) is 0. The Balaban J connectivity index is 1.65. The van der Waals surface area contributed by atoms with Gasteiger partial charge in [0, 0.05) is 5.56 Å². The Kier molecular flexibility index (Phi) is 7.88. The third kappa shape index (κ3) is 6.48. The highest BCUT2D eigenvalue weighted by Gasteiger charge is 2.07. The molecule has 0 atom stereocenters. The molecule has 160 valence electrons. The van der Waals surface area contributed by atoms with Crippen molar-refractivity contribution in [2.45, 2.75) is 27.4 Å². The first kappa shape index (κ1) is 22.2. The van der Waals surface area contributed by atoms with Crippen molar-refractivity contribution in [3.8, 4) is 17.2 Å². The number of rotatable bonds is 10. The molecule has 4 heteroatoms. The fraction of sp³-hybridized carbons (Fsp3) is 0.222. The summed E-state index contributed by atoms with van der Waals surface area (Å²) >= 11 is 0. The summed E-state index contributed by atoms with van der Waals surface area (Å²) in [6.07, 6.45) is 3.40. The van der Waals surface area contributed by atoms with Crippen LogP contribution in [0.25, 0.3) is 6.08 Å². The van der Waals surface area contributed by atoms with Crippen molar-refractivity contribution in [2.24, 2.45) is 0 Å². The number of hydrogen-bond acceptors (Lipinski definition) is 4. The van der Waals surface area contributed by atoms with Gasteiger partial charge >= 0.3 is 0 Å². The predicted octanol–water partition coefficient (Wildman–Crippen LogP) is 6.27. The van der Waals surface area contributed by atoms with Crippen molar-refractivity contribution in [3.63, 3.8) is 0 Å². The number of carbonyl (C=O) groups excluding carboxylic acids is 1. The molecular weight excluding hydrogens is 388 g/mol. The standard InChI is InChI=1S/C27H28O4/c1-4-29-26-15-13-22(18-27(26)30-5-2)19-31-24-11-7-9-21(17-24)12-14-25(28)23-10-6-8-20(3)16-23/h6-18H,4-5,19H2,1-3H3/b14-12+. The van der Waals surface area contributed by atoms with Crippen LogP contribution in [0.15, 0.2) is 72.8 Å². The van der Waals surface area contributed by atoms with E-state index in [9.17, 15) is 4.79 Å². The number of ether oxygens (including phenoxy) is 3. The van der Waals surface area contributed by atoms with Crippen molar-refractivity contribution >= 4 is 11.9 Å². The molecule has 31 heavy (non-hydrogen) atoms. The second-order valence-electron chi connectivity index (χ2n) is 7.08. The van der Waals surface area contributed by atoms with E-state index in [0.717, 1.165) is 33.9 Å². The van der Waals surface area contributed by atoms with Crippen LogP contribution in [-0.4, -0.2) is 19.0 Å². The molecule has 4 nitrogen and oxygen atoms in total.